The quantitative estimate of drug-likeness (QED) is 0.614. The Morgan fingerprint density at radius 1 is 1.29 bits per heavy atom. The molecule has 128 valence electrons. The van der Waals surface area contributed by atoms with E-state index in [1.165, 1.54) is 12.1 Å². The maximum absolute atomic E-state index is 13.1. The number of allylic oxidation sites excluding steroid dienone is 3. The molecule has 0 saturated carbocycles. The van der Waals surface area contributed by atoms with E-state index >= 15 is 0 Å². The number of amides is 2. The van der Waals surface area contributed by atoms with Crippen LogP contribution in [0.15, 0.2) is 48.6 Å². The number of carbonyl (C=O) groups is 2. The molecule has 0 bridgehead atoms. The summed E-state index contributed by atoms with van der Waals surface area (Å²) in [5.74, 6) is -0.530. The fourth-order valence-corrected chi connectivity index (χ4v) is 2.57. The van der Waals surface area contributed by atoms with E-state index in [-0.39, 0.29) is 17.6 Å². The Kier molecular flexibility index (Phi) is 6.69. The van der Waals surface area contributed by atoms with Gasteiger partial charge in [-0.1, -0.05) is 24.3 Å². The highest BCUT2D eigenvalue weighted by Gasteiger charge is 2.24. The standard InChI is InChI=1S/C18H22FN3O2/c1-2-3-4-8-18(24)22-11-9-21(10-12-22)14-17(23)20-16-7-5-6-15(19)13-16/h2-8,13H,9-12,14H2,1H3,(H,20,23)/p+1/b3-2+,8-4+. The van der Waals surface area contributed by atoms with Gasteiger partial charge < -0.3 is 15.1 Å². The monoisotopic (exact) mass is 332 g/mol. The smallest absolute Gasteiger partial charge is 0.279 e. The van der Waals surface area contributed by atoms with Crippen LogP contribution in [0.2, 0.25) is 0 Å². The molecule has 1 saturated heterocycles. The molecule has 1 aliphatic heterocycles. The SMILES string of the molecule is C/C=C/C=C/C(=O)N1CC[NH+](CC(=O)Nc2cccc(F)c2)CC1. The van der Waals surface area contributed by atoms with Gasteiger partial charge in [0.1, 0.15) is 5.82 Å². The van der Waals surface area contributed by atoms with Crippen molar-refractivity contribution in [2.75, 3.05) is 38.0 Å². The Morgan fingerprint density at radius 3 is 2.71 bits per heavy atom. The second-order valence-corrected chi connectivity index (χ2v) is 5.70. The summed E-state index contributed by atoms with van der Waals surface area (Å²) >= 11 is 0. The zero-order valence-electron chi connectivity index (χ0n) is 13.8. The van der Waals surface area contributed by atoms with Gasteiger partial charge in [0, 0.05) is 11.8 Å². The summed E-state index contributed by atoms with van der Waals surface area (Å²) in [5.41, 5.74) is 0.460. The third-order valence-electron chi connectivity index (χ3n) is 3.84. The predicted octanol–water partition coefficient (Wildman–Crippen LogP) is 0.624. The van der Waals surface area contributed by atoms with Crippen LogP contribution in [0.4, 0.5) is 10.1 Å². The topological polar surface area (TPSA) is 53.9 Å². The van der Waals surface area contributed by atoms with E-state index in [0.717, 1.165) is 18.0 Å². The number of carbonyl (C=O) groups excluding carboxylic acids is 2. The molecule has 1 heterocycles. The van der Waals surface area contributed by atoms with Crippen molar-refractivity contribution in [2.45, 2.75) is 6.92 Å². The molecule has 6 heteroatoms. The number of piperazine rings is 1. The molecule has 0 aliphatic carbocycles. The van der Waals surface area contributed by atoms with Crippen LogP contribution in [0, 0.1) is 5.82 Å². The third-order valence-corrected chi connectivity index (χ3v) is 3.84. The summed E-state index contributed by atoms with van der Waals surface area (Å²) in [6.07, 6.45) is 6.97. The fraction of sp³-hybridized carbons (Fsp3) is 0.333. The van der Waals surface area contributed by atoms with Crippen LogP contribution in [0.5, 0.6) is 0 Å². The Hall–Kier alpha value is -2.47. The molecule has 0 radical (unpaired) electrons. The minimum atomic E-state index is -0.377. The first kappa shape index (κ1) is 17.9. The second-order valence-electron chi connectivity index (χ2n) is 5.70. The molecule has 1 aromatic carbocycles. The Labute approximate surface area is 141 Å². The Bertz CT molecular complexity index is 635. The lowest BCUT2D eigenvalue weighted by molar-refractivity contribution is -0.895. The molecular formula is C18H23FN3O2+. The van der Waals surface area contributed by atoms with Gasteiger partial charge in [-0.25, -0.2) is 4.39 Å². The third kappa shape index (κ3) is 5.62. The molecule has 1 aliphatic rings. The van der Waals surface area contributed by atoms with Crippen LogP contribution >= 0.6 is 0 Å². The zero-order chi connectivity index (χ0) is 17.4. The number of rotatable bonds is 5. The lowest BCUT2D eigenvalue weighted by Gasteiger charge is -2.31. The van der Waals surface area contributed by atoms with E-state index < -0.39 is 0 Å². The molecule has 2 rings (SSSR count). The molecule has 0 aromatic heterocycles. The molecule has 1 fully saturated rings. The maximum atomic E-state index is 13.1. The molecule has 0 unspecified atom stereocenters. The number of nitrogens with zero attached hydrogens (tertiary/aromatic N) is 1. The van der Waals surface area contributed by atoms with E-state index in [0.29, 0.717) is 25.3 Å². The summed E-state index contributed by atoms with van der Waals surface area (Å²) in [5, 5.41) is 2.70. The van der Waals surface area contributed by atoms with E-state index in [1.807, 2.05) is 19.1 Å². The molecule has 0 spiro atoms. The lowest BCUT2D eigenvalue weighted by Crippen LogP contribution is -3.15. The Morgan fingerprint density at radius 2 is 2.04 bits per heavy atom. The predicted molar refractivity (Wildman–Crippen MR) is 91.1 cm³/mol. The highest BCUT2D eigenvalue weighted by atomic mass is 19.1. The first-order chi connectivity index (χ1) is 11.6. The van der Waals surface area contributed by atoms with Crippen molar-refractivity contribution in [3.8, 4) is 0 Å². The van der Waals surface area contributed by atoms with Gasteiger partial charge in [-0.15, -0.1) is 0 Å². The van der Waals surface area contributed by atoms with Crippen molar-refractivity contribution in [3.05, 3.63) is 54.4 Å². The summed E-state index contributed by atoms with van der Waals surface area (Å²) in [7, 11) is 0. The lowest BCUT2D eigenvalue weighted by atomic mass is 10.2. The van der Waals surface area contributed by atoms with Crippen molar-refractivity contribution >= 4 is 17.5 Å². The fourth-order valence-electron chi connectivity index (χ4n) is 2.57. The summed E-state index contributed by atoms with van der Waals surface area (Å²) in [6.45, 7) is 4.90. The minimum absolute atomic E-state index is 0.00337. The number of hydrogen-bond acceptors (Lipinski definition) is 2. The van der Waals surface area contributed by atoms with Gasteiger partial charge in [0.2, 0.25) is 5.91 Å². The summed E-state index contributed by atoms with van der Waals surface area (Å²) < 4.78 is 13.1. The maximum Gasteiger partial charge on any atom is 0.279 e. The van der Waals surface area contributed by atoms with Crippen molar-refractivity contribution in [2.24, 2.45) is 0 Å². The number of benzene rings is 1. The minimum Gasteiger partial charge on any atom is -0.328 e. The van der Waals surface area contributed by atoms with E-state index in [2.05, 4.69) is 5.32 Å². The molecule has 0 atom stereocenters. The van der Waals surface area contributed by atoms with Crippen molar-refractivity contribution < 1.29 is 18.9 Å². The molecule has 5 nitrogen and oxygen atoms in total. The average Bonchev–Trinajstić information content (AvgIpc) is 2.55. The number of quaternary nitrogens is 1. The van der Waals surface area contributed by atoms with Gasteiger partial charge in [0.05, 0.1) is 26.2 Å². The van der Waals surface area contributed by atoms with E-state index in [9.17, 15) is 14.0 Å². The van der Waals surface area contributed by atoms with E-state index in [1.54, 1.807) is 29.2 Å². The first-order valence-corrected chi connectivity index (χ1v) is 8.05. The number of anilines is 1. The second kappa shape index (κ2) is 8.98. The highest BCUT2D eigenvalue weighted by molar-refractivity contribution is 5.91. The van der Waals surface area contributed by atoms with Gasteiger partial charge in [0.15, 0.2) is 6.54 Å². The highest BCUT2D eigenvalue weighted by Crippen LogP contribution is 2.08. The number of nitrogens with one attached hydrogen (secondary N) is 2. The van der Waals surface area contributed by atoms with Crippen molar-refractivity contribution in [1.82, 2.24) is 4.90 Å². The van der Waals surface area contributed by atoms with Crippen LogP contribution < -0.4 is 10.2 Å². The number of hydrogen-bond donors (Lipinski definition) is 2. The summed E-state index contributed by atoms with van der Waals surface area (Å²) in [4.78, 5) is 26.9. The average molecular weight is 332 g/mol. The molecule has 2 amide bonds. The van der Waals surface area contributed by atoms with Crippen molar-refractivity contribution in [3.63, 3.8) is 0 Å². The van der Waals surface area contributed by atoms with Gasteiger partial charge >= 0.3 is 0 Å². The molecular weight excluding hydrogens is 309 g/mol. The van der Waals surface area contributed by atoms with Crippen LogP contribution in [0.1, 0.15) is 6.92 Å². The van der Waals surface area contributed by atoms with Crippen LogP contribution in [-0.4, -0.2) is 49.4 Å². The van der Waals surface area contributed by atoms with Gasteiger partial charge in [0.25, 0.3) is 5.91 Å². The van der Waals surface area contributed by atoms with Gasteiger partial charge in [-0.05, 0) is 25.1 Å². The van der Waals surface area contributed by atoms with Gasteiger partial charge in [-0.3, -0.25) is 9.59 Å². The number of halogens is 1. The first-order valence-electron chi connectivity index (χ1n) is 8.05. The molecule has 1 aromatic rings. The summed E-state index contributed by atoms with van der Waals surface area (Å²) in [6, 6.07) is 5.84. The van der Waals surface area contributed by atoms with Crippen LogP contribution in [0.25, 0.3) is 0 Å². The zero-order valence-corrected chi connectivity index (χ0v) is 13.8. The van der Waals surface area contributed by atoms with E-state index in [4.69, 9.17) is 0 Å². The van der Waals surface area contributed by atoms with Crippen molar-refractivity contribution in [1.29, 1.82) is 0 Å². The van der Waals surface area contributed by atoms with Gasteiger partial charge in [-0.2, -0.15) is 0 Å². The van der Waals surface area contributed by atoms with Crippen LogP contribution in [-0.2, 0) is 9.59 Å². The normalized spacial score (nSPS) is 16.0. The Balaban J connectivity index is 1.76. The van der Waals surface area contributed by atoms with Crippen LogP contribution in [0.3, 0.4) is 0 Å². The molecule has 2 N–H and O–H groups in total. The molecule has 24 heavy (non-hydrogen) atoms. The largest absolute Gasteiger partial charge is 0.328 e.